The summed E-state index contributed by atoms with van der Waals surface area (Å²) in [4.78, 5) is 0. The highest BCUT2D eigenvalue weighted by atomic mass is 16.3. The lowest BCUT2D eigenvalue weighted by molar-refractivity contribution is 0.242. The van der Waals surface area contributed by atoms with Crippen LogP contribution < -0.4 is 0 Å². The molecule has 16 heavy (non-hydrogen) atoms. The van der Waals surface area contributed by atoms with Gasteiger partial charge in [0.1, 0.15) is 0 Å². The fourth-order valence-electron chi connectivity index (χ4n) is 1.73. The topological polar surface area (TPSA) is 60.7 Å². The molecular weight excluding hydrogens is 204 g/mol. The molecule has 1 atom stereocenters. The zero-order chi connectivity index (χ0) is 12.1. The van der Waals surface area contributed by atoms with Gasteiger partial charge in [-0.2, -0.15) is 0 Å². The van der Waals surface area contributed by atoms with E-state index in [0.29, 0.717) is 6.61 Å². The van der Waals surface area contributed by atoms with E-state index < -0.39 is 0 Å². The summed E-state index contributed by atoms with van der Waals surface area (Å²) in [6.07, 6.45) is 11.3. The second-order valence-electron chi connectivity index (χ2n) is 4.19. The molecule has 0 amide bonds. The number of hydrogen-bond donors (Lipinski definition) is 3. The molecule has 0 saturated heterocycles. The van der Waals surface area contributed by atoms with Gasteiger partial charge in [0.05, 0.1) is 6.61 Å². The Morgan fingerprint density at radius 1 is 0.812 bits per heavy atom. The van der Waals surface area contributed by atoms with Gasteiger partial charge in [0, 0.05) is 13.2 Å². The van der Waals surface area contributed by atoms with Gasteiger partial charge in [-0.05, 0) is 18.8 Å². The molecule has 1 unspecified atom stereocenters. The van der Waals surface area contributed by atoms with E-state index in [0.717, 1.165) is 25.7 Å². The molecule has 0 aliphatic heterocycles. The summed E-state index contributed by atoms with van der Waals surface area (Å²) in [7, 11) is 0. The van der Waals surface area contributed by atoms with Crippen molar-refractivity contribution >= 4 is 0 Å². The SMILES string of the molecule is OCC=CC(CO)CCCCCCCCO. The van der Waals surface area contributed by atoms with E-state index in [1.165, 1.54) is 19.3 Å². The smallest absolute Gasteiger partial charge is 0.0612 e. The number of unbranched alkanes of at least 4 members (excludes halogenated alkanes) is 5. The lowest BCUT2D eigenvalue weighted by Gasteiger charge is -2.08. The third-order valence-electron chi connectivity index (χ3n) is 2.73. The Labute approximate surface area is 98.8 Å². The van der Waals surface area contributed by atoms with E-state index >= 15 is 0 Å². The molecule has 0 spiro atoms. The molecule has 3 nitrogen and oxygen atoms in total. The van der Waals surface area contributed by atoms with Gasteiger partial charge in [0.15, 0.2) is 0 Å². The first-order valence-corrected chi connectivity index (χ1v) is 6.34. The summed E-state index contributed by atoms with van der Waals surface area (Å²) in [5, 5.41) is 26.3. The molecule has 0 aromatic rings. The highest BCUT2D eigenvalue weighted by Crippen LogP contribution is 2.13. The highest BCUT2D eigenvalue weighted by molar-refractivity contribution is 4.87. The fourth-order valence-corrected chi connectivity index (χ4v) is 1.73. The van der Waals surface area contributed by atoms with Gasteiger partial charge in [-0.1, -0.05) is 44.3 Å². The van der Waals surface area contributed by atoms with Crippen molar-refractivity contribution in [2.45, 2.75) is 44.9 Å². The molecule has 3 heteroatoms. The predicted molar refractivity (Wildman–Crippen MR) is 66.2 cm³/mol. The zero-order valence-electron chi connectivity index (χ0n) is 10.1. The van der Waals surface area contributed by atoms with Crippen LogP contribution >= 0.6 is 0 Å². The lowest BCUT2D eigenvalue weighted by atomic mass is 10.0. The minimum Gasteiger partial charge on any atom is -0.396 e. The average molecular weight is 230 g/mol. The molecule has 0 aromatic carbocycles. The first-order chi connectivity index (χ1) is 7.85. The monoisotopic (exact) mass is 230 g/mol. The Morgan fingerprint density at radius 2 is 1.44 bits per heavy atom. The van der Waals surface area contributed by atoms with Crippen molar-refractivity contribution in [3.05, 3.63) is 12.2 Å². The van der Waals surface area contributed by atoms with Crippen molar-refractivity contribution in [3.8, 4) is 0 Å². The maximum Gasteiger partial charge on any atom is 0.0612 e. The first kappa shape index (κ1) is 15.6. The third-order valence-corrected chi connectivity index (χ3v) is 2.73. The molecule has 0 rings (SSSR count). The Hall–Kier alpha value is -0.380. The van der Waals surface area contributed by atoms with Crippen LogP contribution in [0.5, 0.6) is 0 Å². The maximum atomic E-state index is 9.06. The van der Waals surface area contributed by atoms with Gasteiger partial charge in [0.25, 0.3) is 0 Å². The van der Waals surface area contributed by atoms with Gasteiger partial charge in [-0.3, -0.25) is 0 Å². The fraction of sp³-hybridized carbons (Fsp3) is 0.846. The molecule has 0 aliphatic carbocycles. The summed E-state index contributed by atoms with van der Waals surface area (Å²) < 4.78 is 0. The molecule has 0 aliphatic rings. The molecule has 3 N–H and O–H groups in total. The minimum absolute atomic E-state index is 0.0532. The Kier molecular flexibility index (Phi) is 12.4. The molecule has 0 aromatic heterocycles. The van der Waals surface area contributed by atoms with Crippen molar-refractivity contribution in [2.24, 2.45) is 5.92 Å². The third kappa shape index (κ3) is 10.1. The first-order valence-electron chi connectivity index (χ1n) is 6.34. The summed E-state index contributed by atoms with van der Waals surface area (Å²) in [6, 6.07) is 0. The summed E-state index contributed by atoms with van der Waals surface area (Å²) in [5.74, 6) is 0.199. The van der Waals surface area contributed by atoms with Crippen LogP contribution in [0.3, 0.4) is 0 Å². The van der Waals surface area contributed by atoms with Crippen LogP contribution in [0.2, 0.25) is 0 Å². The normalized spacial score (nSPS) is 13.4. The quantitative estimate of drug-likeness (QED) is 0.375. The van der Waals surface area contributed by atoms with Crippen LogP contribution in [0.25, 0.3) is 0 Å². The second kappa shape index (κ2) is 12.7. The van der Waals surface area contributed by atoms with Gasteiger partial charge >= 0.3 is 0 Å². The molecule has 0 fully saturated rings. The van der Waals surface area contributed by atoms with E-state index in [9.17, 15) is 0 Å². The standard InChI is InChI=1S/C13H26O3/c14-10-6-4-2-1-3-5-8-13(12-16)9-7-11-15/h7,9,13-16H,1-6,8,10-12H2. The van der Waals surface area contributed by atoms with Crippen LogP contribution in [0.15, 0.2) is 12.2 Å². The number of hydrogen-bond acceptors (Lipinski definition) is 3. The van der Waals surface area contributed by atoms with E-state index in [2.05, 4.69) is 0 Å². The lowest BCUT2D eigenvalue weighted by Crippen LogP contribution is -2.02. The van der Waals surface area contributed by atoms with Crippen LogP contribution in [-0.2, 0) is 0 Å². The van der Waals surface area contributed by atoms with Crippen molar-refractivity contribution in [1.82, 2.24) is 0 Å². The Balaban J connectivity index is 3.30. The summed E-state index contributed by atoms with van der Waals surface area (Å²) >= 11 is 0. The Bertz CT molecular complexity index is 157. The van der Waals surface area contributed by atoms with Crippen LogP contribution in [0.1, 0.15) is 44.9 Å². The van der Waals surface area contributed by atoms with Gasteiger partial charge in [-0.15, -0.1) is 0 Å². The number of rotatable bonds is 11. The van der Waals surface area contributed by atoms with Crippen LogP contribution in [0.4, 0.5) is 0 Å². The van der Waals surface area contributed by atoms with Crippen molar-refractivity contribution in [1.29, 1.82) is 0 Å². The molecule has 0 heterocycles. The second-order valence-corrected chi connectivity index (χ2v) is 4.19. The highest BCUT2D eigenvalue weighted by Gasteiger charge is 2.02. The predicted octanol–water partition coefficient (Wildman–Crippen LogP) is 1.87. The maximum absolute atomic E-state index is 9.06. The summed E-state index contributed by atoms with van der Waals surface area (Å²) in [6.45, 7) is 0.525. The average Bonchev–Trinajstić information content (AvgIpc) is 2.32. The van der Waals surface area contributed by atoms with Gasteiger partial charge in [-0.25, -0.2) is 0 Å². The molecule has 0 saturated carbocycles. The van der Waals surface area contributed by atoms with Crippen molar-refractivity contribution in [3.63, 3.8) is 0 Å². The zero-order valence-corrected chi connectivity index (χ0v) is 10.1. The van der Waals surface area contributed by atoms with E-state index in [-0.39, 0.29) is 19.1 Å². The molecule has 0 bridgehead atoms. The summed E-state index contributed by atoms with van der Waals surface area (Å²) in [5.41, 5.74) is 0. The molecule has 96 valence electrons. The number of aliphatic hydroxyl groups is 3. The van der Waals surface area contributed by atoms with Crippen molar-refractivity contribution < 1.29 is 15.3 Å². The van der Waals surface area contributed by atoms with Gasteiger partial charge < -0.3 is 15.3 Å². The largest absolute Gasteiger partial charge is 0.396 e. The van der Waals surface area contributed by atoms with Crippen LogP contribution in [0, 0.1) is 5.92 Å². The Morgan fingerprint density at radius 3 is 2.00 bits per heavy atom. The molecular formula is C13H26O3. The van der Waals surface area contributed by atoms with Gasteiger partial charge in [0.2, 0.25) is 0 Å². The van der Waals surface area contributed by atoms with Crippen molar-refractivity contribution in [2.75, 3.05) is 19.8 Å². The molecule has 0 radical (unpaired) electrons. The van der Waals surface area contributed by atoms with Crippen LogP contribution in [-0.4, -0.2) is 35.1 Å². The van der Waals surface area contributed by atoms with E-state index in [1.54, 1.807) is 6.08 Å². The van der Waals surface area contributed by atoms with E-state index in [1.807, 2.05) is 6.08 Å². The minimum atomic E-state index is 0.0532. The van der Waals surface area contributed by atoms with E-state index in [4.69, 9.17) is 15.3 Å². The number of aliphatic hydroxyl groups excluding tert-OH is 3.